The van der Waals surface area contributed by atoms with E-state index in [2.05, 4.69) is 59.6 Å². The Bertz CT molecular complexity index is 1430. The average molecular weight is 485 g/mol. The number of nitrogens with one attached hydrogen (secondary N) is 1. The Morgan fingerprint density at radius 1 is 0.971 bits per heavy atom. The largest absolute Gasteiger partial charge is 0.351 e. The van der Waals surface area contributed by atoms with Crippen molar-refractivity contribution in [3.05, 3.63) is 112 Å². The highest BCUT2D eigenvalue weighted by Crippen LogP contribution is 2.38. The van der Waals surface area contributed by atoms with Gasteiger partial charge in [-0.2, -0.15) is 4.98 Å². The Kier molecular flexibility index (Phi) is 6.17. The molecule has 0 aliphatic carbocycles. The number of thiocarbonyl (C=S) groups is 1. The van der Waals surface area contributed by atoms with E-state index < -0.39 is 0 Å². The zero-order valence-electron chi connectivity index (χ0n) is 19.7. The van der Waals surface area contributed by atoms with Gasteiger partial charge in [0.1, 0.15) is 5.82 Å². The van der Waals surface area contributed by atoms with Crippen LogP contribution in [0.3, 0.4) is 0 Å². The summed E-state index contributed by atoms with van der Waals surface area (Å²) in [5.74, 6) is 0.357. The van der Waals surface area contributed by atoms with Gasteiger partial charge in [0.05, 0.1) is 11.6 Å². The normalized spacial score (nSPS) is 15.9. The molecule has 1 unspecified atom stereocenters. The van der Waals surface area contributed by atoms with Crippen molar-refractivity contribution >= 4 is 22.9 Å². The van der Waals surface area contributed by atoms with Crippen LogP contribution in [0.4, 0.5) is 4.39 Å². The molecule has 0 saturated heterocycles. The maximum atomic E-state index is 13.8. The Hall–Kier alpha value is -3.84. The van der Waals surface area contributed by atoms with Gasteiger partial charge >= 0.3 is 0 Å². The molecular formula is C28H25FN4OS. The van der Waals surface area contributed by atoms with Gasteiger partial charge in [-0.15, -0.1) is 0 Å². The molecule has 0 amide bonds. The molecule has 35 heavy (non-hydrogen) atoms. The number of aromatic nitrogens is 2. The minimum absolute atomic E-state index is 0.269. The highest BCUT2D eigenvalue weighted by atomic mass is 32.1. The number of hydrogen-bond donors (Lipinski definition) is 1. The lowest BCUT2D eigenvalue weighted by atomic mass is 9.92. The van der Waals surface area contributed by atoms with E-state index >= 15 is 0 Å². The highest BCUT2D eigenvalue weighted by Gasteiger charge is 2.34. The lowest BCUT2D eigenvalue weighted by Gasteiger charge is -2.37. The molecule has 0 spiro atoms. The number of aryl methyl sites for hydroxylation is 2. The quantitative estimate of drug-likeness (QED) is 0.333. The Labute approximate surface area is 209 Å². The fraction of sp³-hybridized carbons (Fsp3) is 0.179. The molecule has 1 aliphatic rings. The van der Waals surface area contributed by atoms with Gasteiger partial charge in [-0.3, -0.25) is 0 Å². The van der Waals surface area contributed by atoms with Crippen LogP contribution in [0.5, 0.6) is 0 Å². The lowest BCUT2D eigenvalue weighted by Crippen LogP contribution is -2.45. The predicted octanol–water partition coefficient (Wildman–Crippen LogP) is 6.36. The average Bonchev–Trinajstić information content (AvgIpc) is 3.34. The molecule has 1 aliphatic heterocycles. The summed E-state index contributed by atoms with van der Waals surface area (Å²) in [6.07, 6.45) is 0. The first-order valence-electron chi connectivity index (χ1n) is 11.4. The number of hydrogen-bond acceptors (Lipinski definition) is 4. The van der Waals surface area contributed by atoms with Crippen LogP contribution in [0, 0.1) is 19.7 Å². The van der Waals surface area contributed by atoms with Crippen LogP contribution in [0.2, 0.25) is 0 Å². The summed E-state index contributed by atoms with van der Waals surface area (Å²) >= 11 is 5.81. The summed E-state index contributed by atoms with van der Waals surface area (Å²) in [6.45, 7) is 6.80. The molecule has 1 atom stereocenters. The van der Waals surface area contributed by atoms with Gasteiger partial charge in [-0.1, -0.05) is 65.8 Å². The van der Waals surface area contributed by atoms with Gasteiger partial charge in [-0.05, 0) is 67.4 Å². The van der Waals surface area contributed by atoms with Gasteiger partial charge in [0, 0.05) is 17.8 Å². The second-order valence-corrected chi connectivity index (χ2v) is 9.12. The molecule has 176 valence electrons. The molecule has 0 radical (unpaired) electrons. The van der Waals surface area contributed by atoms with Crippen LogP contribution in [-0.2, 0) is 6.54 Å². The van der Waals surface area contributed by atoms with E-state index in [0.29, 0.717) is 28.9 Å². The zero-order chi connectivity index (χ0) is 24.5. The first-order valence-corrected chi connectivity index (χ1v) is 11.8. The first-order chi connectivity index (χ1) is 16.9. The van der Waals surface area contributed by atoms with E-state index in [1.807, 2.05) is 30.0 Å². The van der Waals surface area contributed by atoms with Crippen LogP contribution in [0.25, 0.3) is 17.0 Å². The fourth-order valence-electron chi connectivity index (χ4n) is 4.29. The molecule has 4 aromatic rings. The number of allylic oxidation sites excluding steroid dienone is 1. The smallest absolute Gasteiger partial charge is 0.258 e. The minimum atomic E-state index is -0.351. The van der Waals surface area contributed by atoms with Crippen LogP contribution in [-0.4, -0.2) is 20.2 Å². The molecule has 1 aromatic heterocycles. The molecule has 0 fully saturated rings. The van der Waals surface area contributed by atoms with Gasteiger partial charge in [0.25, 0.3) is 5.89 Å². The van der Waals surface area contributed by atoms with Crippen LogP contribution in [0.15, 0.2) is 83.0 Å². The molecule has 0 saturated carbocycles. The van der Waals surface area contributed by atoms with Crippen LogP contribution in [0.1, 0.15) is 41.1 Å². The maximum Gasteiger partial charge on any atom is 0.258 e. The monoisotopic (exact) mass is 484 g/mol. The van der Waals surface area contributed by atoms with Crippen molar-refractivity contribution in [1.29, 1.82) is 0 Å². The van der Waals surface area contributed by atoms with Gasteiger partial charge in [0.2, 0.25) is 5.82 Å². The summed E-state index contributed by atoms with van der Waals surface area (Å²) in [5, 5.41) is 8.29. The Morgan fingerprint density at radius 2 is 1.77 bits per heavy atom. The SMILES string of the molecule is CC1=C(c2nc(-c3cccc(F)c3)no2)C(c2ccc(C)c(C)c2)NC(=S)N1Cc1ccccc1. The third-order valence-electron chi connectivity index (χ3n) is 6.38. The zero-order valence-corrected chi connectivity index (χ0v) is 20.6. The predicted molar refractivity (Wildman–Crippen MR) is 139 cm³/mol. The summed E-state index contributed by atoms with van der Waals surface area (Å²) in [5.41, 5.74) is 6.90. The van der Waals surface area contributed by atoms with Crippen molar-refractivity contribution in [1.82, 2.24) is 20.4 Å². The number of nitrogens with zero attached hydrogens (tertiary/aromatic N) is 3. The van der Waals surface area contributed by atoms with Crippen LogP contribution >= 0.6 is 12.2 Å². The maximum absolute atomic E-state index is 13.8. The second-order valence-electron chi connectivity index (χ2n) is 8.73. The molecule has 2 heterocycles. The fourth-order valence-corrected chi connectivity index (χ4v) is 4.61. The van der Waals surface area contributed by atoms with Crippen molar-refractivity contribution in [2.24, 2.45) is 0 Å². The summed E-state index contributed by atoms with van der Waals surface area (Å²) in [7, 11) is 0. The van der Waals surface area contributed by atoms with Crippen LogP contribution < -0.4 is 5.32 Å². The Balaban J connectivity index is 1.62. The van der Waals surface area contributed by atoms with E-state index in [1.165, 1.54) is 23.3 Å². The van der Waals surface area contributed by atoms with E-state index in [1.54, 1.807) is 12.1 Å². The molecule has 1 N–H and O–H groups in total. The van der Waals surface area contributed by atoms with Gasteiger partial charge in [0.15, 0.2) is 5.11 Å². The van der Waals surface area contributed by atoms with Crippen molar-refractivity contribution in [3.8, 4) is 11.4 Å². The molecular weight excluding hydrogens is 459 g/mol. The molecule has 5 rings (SSSR count). The number of benzene rings is 3. The molecule has 7 heteroatoms. The molecule has 0 bridgehead atoms. The lowest BCUT2D eigenvalue weighted by molar-refractivity contribution is 0.396. The van der Waals surface area contributed by atoms with Crippen molar-refractivity contribution in [2.75, 3.05) is 0 Å². The van der Waals surface area contributed by atoms with Crippen molar-refractivity contribution in [3.63, 3.8) is 0 Å². The summed E-state index contributed by atoms with van der Waals surface area (Å²) in [6, 6.07) is 22.4. The minimum Gasteiger partial charge on any atom is -0.351 e. The standard InChI is InChI=1S/C28H25FN4OS/c1-17-12-13-21(14-18(17)2)25-24(27-31-26(32-34-27)22-10-7-11-23(29)15-22)19(3)33(28(35)30-25)16-20-8-5-4-6-9-20/h4-15,25H,16H2,1-3H3,(H,30,35). The molecule has 5 nitrogen and oxygen atoms in total. The van der Waals surface area contributed by atoms with E-state index in [0.717, 1.165) is 22.4 Å². The summed E-state index contributed by atoms with van der Waals surface area (Å²) in [4.78, 5) is 6.71. The third kappa shape index (κ3) is 4.59. The Morgan fingerprint density at radius 3 is 2.51 bits per heavy atom. The number of halogens is 1. The van der Waals surface area contributed by atoms with Gasteiger partial charge < -0.3 is 14.7 Å². The molecule has 3 aromatic carbocycles. The van der Waals surface area contributed by atoms with E-state index in [-0.39, 0.29) is 11.9 Å². The number of rotatable bonds is 5. The van der Waals surface area contributed by atoms with Crippen molar-refractivity contribution < 1.29 is 8.91 Å². The second kappa shape index (κ2) is 9.43. The van der Waals surface area contributed by atoms with Gasteiger partial charge in [-0.25, -0.2) is 4.39 Å². The van der Waals surface area contributed by atoms with Crippen molar-refractivity contribution in [2.45, 2.75) is 33.4 Å². The van der Waals surface area contributed by atoms with E-state index in [9.17, 15) is 4.39 Å². The summed E-state index contributed by atoms with van der Waals surface area (Å²) < 4.78 is 19.6. The topological polar surface area (TPSA) is 54.2 Å². The van der Waals surface area contributed by atoms with E-state index in [4.69, 9.17) is 16.7 Å². The third-order valence-corrected chi connectivity index (χ3v) is 6.72. The first kappa shape index (κ1) is 22.9. The highest BCUT2D eigenvalue weighted by molar-refractivity contribution is 7.80.